The Labute approximate surface area is 132 Å². The zero-order valence-corrected chi connectivity index (χ0v) is 13.5. The van der Waals surface area contributed by atoms with Crippen molar-refractivity contribution in [1.82, 2.24) is 0 Å². The lowest BCUT2D eigenvalue weighted by atomic mass is 9.52. The van der Waals surface area contributed by atoms with E-state index in [-0.39, 0.29) is 35.0 Å². The van der Waals surface area contributed by atoms with Gasteiger partial charge in [0.2, 0.25) is 0 Å². The summed E-state index contributed by atoms with van der Waals surface area (Å²) in [6.07, 6.45) is 11.7. The first kappa shape index (κ1) is 14.7. The second kappa shape index (κ2) is 4.56. The van der Waals surface area contributed by atoms with Crippen LogP contribution in [-0.4, -0.2) is 28.5 Å². The lowest BCUT2D eigenvalue weighted by Crippen LogP contribution is -2.50. The molecule has 0 amide bonds. The molecule has 2 saturated carbocycles. The Morgan fingerprint density at radius 3 is 2.77 bits per heavy atom. The van der Waals surface area contributed by atoms with Crippen molar-refractivity contribution in [3.63, 3.8) is 0 Å². The van der Waals surface area contributed by atoms with Crippen molar-refractivity contribution in [2.24, 2.45) is 28.4 Å². The van der Waals surface area contributed by atoms with Crippen LogP contribution in [0.3, 0.4) is 0 Å². The van der Waals surface area contributed by atoms with Crippen molar-refractivity contribution in [1.29, 1.82) is 0 Å². The van der Waals surface area contributed by atoms with Gasteiger partial charge < -0.3 is 15.9 Å². The van der Waals surface area contributed by atoms with E-state index in [1.807, 2.05) is 0 Å². The quantitative estimate of drug-likeness (QED) is 0.602. The molecule has 3 unspecified atom stereocenters. The van der Waals surface area contributed by atoms with Gasteiger partial charge in [0, 0.05) is 22.8 Å². The molecule has 4 aliphatic carbocycles. The third-order valence-corrected chi connectivity index (χ3v) is 7.07. The maximum atomic E-state index is 10.9. The summed E-state index contributed by atoms with van der Waals surface area (Å²) in [7, 11) is 0. The molecule has 7 atom stereocenters. The summed E-state index contributed by atoms with van der Waals surface area (Å²) < 4.78 is 0. The Balaban J connectivity index is 1.81. The molecule has 0 aromatic rings. The van der Waals surface area contributed by atoms with Gasteiger partial charge in [0.1, 0.15) is 0 Å². The van der Waals surface area contributed by atoms with Crippen LogP contribution in [0.25, 0.3) is 0 Å². The van der Waals surface area contributed by atoms with Crippen LogP contribution in [0.2, 0.25) is 0 Å². The molecule has 4 aliphatic rings. The van der Waals surface area contributed by atoms with Gasteiger partial charge in [-0.3, -0.25) is 0 Å². The molecule has 4 rings (SSSR count). The molecule has 4 N–H and O–H groups in total. The monoisotopic (exact) mass is 301 g/mol. The molecule has 0 aliphatic heterocycles. The number of hydrogen-bond acceptors (Lipinski definition) is 3. The number of fused-ring (bicyclic) bond motifs is 5. The van der Waals surface area contributed by atoms with Crippen LogP contribution in [0.5, 0.6) is 0 Å². The molecule has 0 aromatic heterocycles. The normalized spacial score (nSPS) is 53.2. The van der Waals surface area contributed by atoms with Gasteiger partial charge in [-0.25, -0.2) is 0 Å². The van der Waals surface area contributed by atoms with Crippen LogP contribution in [0.4, 0.5) is 0 Å². The number of allylic oxidation sites excluding steroid dienone is 2. The molecule has 0 aromatic carbocycles. The molecule has 22 heavy (non-hydrogen) atoms. The Hall–Kier alpha value is -0.900. The Morgan fingerprint density at radius 2 is 2.00 bits per heavy atom. The maximum Gasteiger partial charge on any atom is 0.0646 e. The van der Waals surface area contributed by atoms with Gasteiger partial charge in [-0.05, 0) is 38.5 Å². The summed E-state index contributed by atoms with van der Waals surface area (Å²) in [5, 5.41) is 21.3. The summed E-state index contributed by atoms with van der Waals surface area (Å²) in [5.74, 6) is 0.567. The third kappa shape index (κ3) is 1.73. The van der Waals surface area contributed by atoms with Gasteiger partial charge in [0.15, 0.2) is 0 Å². The molecule has 0 bridgehead atoms. The number of rotatable bonds is 0. The fourth-order valence-corrected chi connectivity index (χ4v) is 5.62. The zero-order chi connectivity index (χ0) is 15.7. The molecule has 120 valence electrons. The van der Waals surface area contributed by atoms with E-state index in [9.17, 15) is 10.2 Å². The van der Waals surface area contributed by atoms with E-state index >= 15 is 0 Å². The van der Waals surface area contributed by atoms with Crippen LogP contribution in [0, 0.1) is 22.7 Å². The maximum absolute atomic E-state index is 10.9. The Bertz CT molecular complexity index is 592. The number of aliphatic hydroxyl groups is 2. The van der Waals surface area contributed by atoms with Crippen molar-refractivity contribution in [3.8, 4) is 0 Å². The molecule has 0 heterocycles. The molecule has 0 spiro atoms. The first-order valence-electron chi connectivity index (χ1n) is 8.59. The predicted molar refractivity (Wildman–Crippen MR) is 87.0 cm³/mol. The van der Waals surface area contributed by atoms with Gasteiger partial charge >= 0.3 is 0 Å². The van der Waals surface area contributed by atoms with E-state index in [0.717, 1.165) is 19.3 Å². The zero-order valence-electron chi connectivity index (χ0n) is 13.5. The van der Waals surface area contributed by atoms with Crippen LogP contribution >= 0.6 is 0 Å². The van der Waals surface area contributed by atoms with E-state index < -0.39 is 0 Å². The smallest absolute Gasteiger partial charge is 0.0646 e. The molecular weight excluding hydrogens is 274 g/mol. The van der Waals surface area contributed by atoms with Crippen molar-refractivity contribution in [2.45, 2.75) is 57.8 Å². The van der Waals surface area contributed by atoms with Crippen molar-refractivity contribution in [2.75, 3.05) is 0 Å². The van der Waals surface area contributed by atoms with Gasteiger partial charge in [-0.1, -0.05) is 42.4 Å². The minimum atomic E-state index is -0.348. The minimum absolute atomic E-state index is 0.0328. The van der Waals surface area contributed by atoms with Crippen molar-refractivity contribution < 1.29 is 10.2 Å². The number of nitrogens with two attached hydrogens (primary N) is 1. The van der Waals surface area contributed by atoms with Crippen LogP contribution in [-0.2, 0) is 0 Å². The molecule has 0 radical (unpaired) electrons. The van der Waals surface area contributed by atoms with Crippen molar-refractivity contribution >= 4 is 0 Å². The standard InChI is InChI=1S/C19H27NO2/c1-18-7-5-12(20)9-11(18)10-15(21)17-13-3-4-16(22)19(13,2)8-6-14(17)18/h5-7,9,12-13,15-17,21-22H,3-4,8,10,20H2,1-2H3/t12?,13-,15?,16?,17-,18-,19-/m0/s1. The second-order valence-corrected chi connectivity index (χ2v) is 8.20. The lowest BCUT2D eigenvalue weighted by molar-refractivity contribution is -0.0219. The second-order valence-electron chi connectivity index (χ2n) is 8.20. The highest BCUT2D eigenvalue weighted by atomic mass is 16.3. The average molecular weight is 301 g/mol. The van der Waals surface area contributed by atoms with E-state index in [1.165, 1.54) is 11.1 Å². The number of hydrogen-bond donors (Lipinski definition) is 3. The highest BCUT2D eigenvalue weighted by Crippen LogP contribution is 2.62. The molecule has 2 fully saturated rings. The van der Waals surface area contributed by atoms with E-state index in [4.69, 9.17) is 5.73 Å². The highest BCUT2D eigenvalue weighted by molar-refractivity contribution is 5.46. The lowest BCUT2D eigenvalue weighted by Gasteiger charge is -2.53. The Kier molecular flexibility index (Phi) is 3.04. The van der Waals surface area contributed by atoms with Gasteiger partial charge in [0.05, 0.1) is 12.2 Å². The van der Waals surface area contributed by atoms with Gasteiger partial charge in [-0.2, -0.15) is 0 Å². The summed E-state index contributed by atoms with van der Waals surface area (Å²) in [5.41, 5.74) is 8.51. The van der Waals surface area contributed by atoms with E-state index in [2.05, 4.69) is 38.2 Å². The van der Waals surface area contributed by atoms with E-state index in [0.29, 0.717) is 12.3 Å². The van der Waals surface area contributed by atoms with Gasteiger partial charge in [-0.15, -0.1) is 0 Å². The first-order chi connectivity index (χ1) is 10.4. The average Bonchev–Trinajstić information content (AvgIpc) is 2.77. The summed E-state index contributed by atoms with van der Waals surface area (Å²) in [4.78, 5) is 0. The first-order valence-corrected chi connectivity index (χ1v) is 8.59. The van der Waals surface area contributed by atoms with Crippen LogP contribution in [0.15, 0.2) is 35.5 Å². The minimum Gasteiger partial charge on any atom is -0.393 e. The summed E-state index contributed by atoms with van der Waals surface area (Å²) in [6, 6.07) is -0.0328. The number of aliphatic hydroxyl groups excluding tert-OH is 2. The summed E-state index contributed by atoms with van der Waals surface area (Å²) in [6.45, 7) is 4.47. The Morgan fingerprint density at radius 1 is 1.23 bits per heavy atom. The van der Waals surface area contributed by atoms with Crippen LogP contribution < -0.4 is 5.73 Å². The largest absolute Gasteiger partial charge is 0.393 e. The van der Waals surface area contributed by atoms with E-state index in [1.54, 1.807) is 0 Å². The molecule has 0 saturated heterocycles. The fraction of sp³-hybridized carbons (Fsp3) is 0.684. The molecule has 3 heteroatoms. The SMILES string of the molecule is C[C@]12C=CC(N)C=C1CC(O)[C@@H]1C2=CC[C@]2(C)C(O)CC[C@@H]12. The summed E-state index contributed by atoms with van der Waals surface area (Å²) >= 11 is 0. The van der Waals surface area contributed by atoms with Crippen LogP contribution in [0.1, 0.15) is 39.5 Å². The molecule has 3 nitrogen and oxygen atoms in total. The molecular formula is C19H27NO2. The fourth-order valence-electron chi connectivity index (χ4n) is 5.62. The topological polar surface area (TPSA) is 66.5 Å². The highest BCUT2D eigenvalue weighted by Gasteiger charge is 2.57. The predicted octanol–water partition coefficient (Wildman–Crippen LogP) is 2.30. The van der Waals surface area contributed by atoms with Gasteiger partial charge in [0.25, 0.3) is 0 Å². The third-order valence-electron chi connectivity index (χ3n) is 7.07. The van der Waals surface area contributed by atoms with Crippen molar-refractivity contribution in [3.05, 3.63) is 35.5 Å².